The van der Waals surface area contributed by atoms with Gasteiger partial charge < -0.3 is 15.5 Å². The Labute approximate surface area is 203 Å². The third-order valence-electron chi connectivity index (χ3n) is 6.27. The first kappa shape index (κ1) is 22.2. The van der Waals surface area contributed by atoms with E-state index in [1.54, 1.807) is 24.7 Å². The van der Waals surface area contributed by atoms with Gasteiger partial charge in [0.25, 0.3) is 0 Å². The molecule has 0 spiro atoms. The third-order valence-corrected chi connectivity index (χ3v) is 6.60. The maximum atomic E-state index is 12.8. The average molecular weight is 476 g/mol. The van der Waals surface area contributed by atoms with Crippen molar-refractivity contribution < 1.29 is 4.79 Å². The number of anilines is 2. The summed E-state index contributed by atoms with van der Waals surface area (Å²) in [4.78, 5) is 28.3. The fourth-order valence-electron chi connectivity index (χ4n) is 4.38. The van der Waals surface area contributed by atoms with Crippen molar-refractivity contribution in [2.24, 2.45) is 5.92 Å². The quantitative estimate of drug-likeness (QED) is 0.413. The van der Waals surface area contributed by atoms with Crippen LogP contribution in [0.1, 0.15) is 19.8 Å². The number of imidazole rings is 1. The molecule has 3 heterocycles. The van der Waals surface area contributed by atoms with Crippen LogP contribution in [0.4, 0.5) is 16.4 Å². The van der Waals surface area contributed by atoms with E-state index in [1.807, 2.05) is 51.9 Å². The summed E-state index contributed by atoms with van der Waals surface area (Å²) in [7, 11) is 0. The number of piperidine rings is 1. The number of rotatable bonds is 5. The van der Waals surface area contributed by atoms with E-state index in [2.05, 4.69) is 27.5 Å². The SMILES string of the molecule is CC(Nc1nccc(-n2cnc3ccccc32)n1)C1CCCN(C(=O)Nc2ccccc2Cl)C1. The van der Waals surface area contributed by atoms with E-state index >= 15 is 0 Å². The van der Waals surface area contributed by atoms with Gasteiger partial charge in [-0.3, -0.25) is 4.57 Å². The first-order valence-electron chi connectivity index (χ1n) is 11.4. The van der Waals surface area contributed by atoms with Crippen molar-refractivity contribution in [2.75, 3.05) is 23.7 Å². The number of para-hydroxylation sites is 3. The van der Waals surface area contributed by atoms with Crippen LogP contribution in [0, 0.1) is 5.92 Å². The summed E-state index contributed by atoms with van der Waals surface area (Å²) < 4.78 is 1.95. The summed E-state index contributed by atoms with van der Waals surface area (Å²) in [5.74, 6) is 1.58. The standard InChI is InChI=1S/C25H26ClN7O/c1-17(18-7-6-14-32(15-18)25(34)30-20-9-3-2-8-19(20)26)29-24-27-13-12-23(31-24)33-16-28-21-10-4-5-11-22(21)33/h2-5,8-13,16-18H,6-7,14-15H2,1H3,(H,30,34)(H,27,29,31). The molecule has 1 fully saturated rings. The molecule has 2 atom stereocenters. The zero-order valence-electron chi connectivity index (χ0n) is 18.9. The number of hydrogen-bond donors (Lipinski definition) is 2. The molecule has 1 aliphatic rings. The Morgan fingerprint density at radius 1 is 1.12 bits per heavy atom. The molecule has 0 saturated carbocycles. The number of aromatic nitrogens is 4. The van der Waals surface area contributed by atoms with Gasteiger partial charge in [-0.05, 0) is 56.0 Å². The summed E-state index contributed by atoms with van der Waals surface area (Å²) in [6.07, 6.45) is 5.48. The van der Waals surface area contributed by atoms with Crippen molar-refractivity contribution in [2.45, 2.75) is 25.8 Å². The average Bonchev–Trinajstić information content (AvgIpc) is 3.30. The van der Waals surface area contributed by atoms with Crippen LogP contribution >= 0.6 is 11.6 Å². The molecule has 4 aromatic rings. The van der Waals surface area contributed by atoms with Crippen molar-refractivity contribution in [1.82, 2.24) is 24.4 Å². The highest BCUT2D eigenvalue weighted by Crippen LogP contribution is 2.25. The smallest absolute Gasteiger partial charge is 0.321 e. The van der Waals surface area contributed by atoms with Gasteiger partial charge >= 0.3 is 6.03 Å². The largest absolute Gasteiger partial charge is 0.351 e. The van der Waals surface area contributed by atoms with Gasteiger partial charge in [-0.15, -0.1) is 0 Å². The third kappa shape index (κ3) is 4.68. The Balaban J connectivity index is 1.25. The molecule has 2 N–H and O–H groups in total. The zero-order chi connectivity index (χ0) is 23.5. The minimum atomic E-state index is -0.129. The molecule has 5 rings (SSSR count). The van der Waals surface area contributed by atoms with Gasteiger partial charge in [-0.1, -0.05) is 35.9 Å². The van der Waals surface area contributed by atoms with Gasteiger partial charge in [0.15, 0.2) is 0 Å². The fraction of sp³-hybridized carbons (Fsp3) is 0.280. The predicted octanol–water partition coefficient (Wildman–Crippen LogP) is 5.21. The van der Waals surface area contributed by atoms with E-state index in [1.165, 1.54) is 0 Å². The van der Waals surface area contributed by atoms with E-state index in [9.17, 15) is 4.79 Å². The summed E-state index contributed by atoms with van der Waals surface area (Å²) in [6, 6.07) is 17.0. The lowest BCUT2D eigenvalue weighted by atomic mass is 9.92. The fourth-order valence-corrected chi connectivity index (χ4v) is 4.56. The summed E-state index contributed by atoms with van der Waals surface area (Å²) in [5, 5.41) is 6.90. The first-order valence-corrected chi connectivity index (χ1v) is 11.8. The number of nitrogens with one attached hydrogen (secondary N) is 2. The molecule has 1 aliphatic heterocycles. The van der Waals surface area contributed by atoms with Crippen LogP contribution in [0.2, 0.25) is 5.02 Å². The molecule has 2 unspecified atom stereocenters. The Bertz CT molecular complexity index is 1310. The van der Waals surface area contributed by atoms with Crippen molar-refractivity contribution in [3.63, 3.8) is 0 Å². The second-order valence-electron chi connectivity index (χ2n) is 8.53. The Kier molecular flexibility index (Phi) is 6.31. The Hall–Kier alpha value is -3.65. The molecule has 2 aromatic heterocycles. The van der Waals surface area contributed by atoms with Gasteiger partial charge in [-0.25, -0.2) is 14.8 Å². The second-order valence-corrected chi connectivity index (χ2v) is 8.94. The molecule has 2 aromatic carbocycles. The molecule has 0 aliphatic carbocycles. The highest BCUT2D eigenvalue weighted by atomic mass is 35.5. The molecule has 0 bridgehead atoms. The number of hydrogen-bond acceptors (Lipinski definition) is 5. The van der Waals surface area contributed by atoms with Gasteiger partial charge in [0, 0.05) is 25.3 Å². The minimum absolute atomic E-state index is 0.0886. The molecule has 8 nitrogen and oxygen atoms in total. The number of halogens is 1. The zero-order valence-corrected chi connectivity index (χ0v) is 19.6. The molecular weight excluding hydrogens is 450 g/mol. The van der Waals surface area contributed by atoms with E-state index in [4.69, 9.17) is 16.6 Å². The number of carbonyl (C=O) groups excluding carboxylic acids is 1. The maximum Gasteiger partial charge on any atom is 0.321 e. The van der Waals surface area contributed by atoms with Gasteiger partial charge in [0.05, 0.1) is 21.7 Å². The Morgan fingerprint density at radius 3 is 2.82 bits per heavy atom. The number of nitrogens with zero attached hydrogens (tertiary/aromatic N) is 5. The summed E-state index contributed by atoms with van der Waals surface area (Å²) >= 11 is 6.20. The highest BCUT2D eigenvalue weighted by Gasteiger charge is 2.28. The van der Waals surface area contributed by atoms with Gasteiger partial charge in [0.1, 0.15) is 12.1 Å². The van der Waals surface area contributed by atoms with Crippen LogP contribution in [0.5, 0.6) is 0 Å². The lowest BCUT2D eigenvalue weighted by molar-refractivity contribution is 0.172. The van der Waals surface area contributed by atoms with E-state index < -0.39 is 0 Å². The monoisotopic (exact) mass is 475 g/mol. The topological polar surface area (TPSA) is 88.0 Å². The molecular formula is C25H26ClN7O. The van der Waals surface area contributed by atoms with Crippen LogP contribution in [0.15, 0.2) is 67.1 Å². The summed E-state index contributed by atoms with van der Waals surface area (Å²) in [6.45, 7) is 3.48. The first-order chi connectivity index (χ1) is 16.6. The molecule has 2 amide bonds. The van der Waals surface area contributed by atoms with Crippen molar-refractivity contribution in [1.29, 1.82) is 0 Å². The molecule has 174 valence electrons. The van der Waals surface area contributed by atoms with E-state index in [0.717, 1.165) is 36.2 Å². The van der Waals surface area contributed by atoms with E-state index in [-0.39, 0.29) is 18.0 Å². The van der Waals surface area contributed by atoms with Crippen LogP contribution in [0.25, 0.3) is 16.9 Å². The van der Waals surface area contributed by atoms with Crippen LogP contribution in [-0.2, 0) is 0 Å². The second kappa shape index (κ2) is 9.69. The number of fused-ring (bicyclic) bond motifs is 1. The molecule has 9 heteroatoms. The van der Waals surface area contributed by atoms with Crippen molar-refractivity contribution in [3.8, 4) is 5.82 Å². The number of urea groups is 1. The van der Waals surface area contributed by atoms with Crippen LogP contribution in [0.3, 0.4) is 0 Å². The molecule has 1 saturated heterocycles. The summed E-state index contributed by atoms with van der Waals surface area (Å²) in [5.41, 5.74) is 2.54. The van der Waals surface area contributed by atoms with E-state index in [0.29, 0.717) is 23.2 Å². The number of amides is 2. The lowest BCUT2D eigenvalue weighted by Crippen LogP contribution is -2.46. The normalized spacial score (nSPS) is 16.9. The van der Waals surface area contributed by atoms with Gasteiger partial charge in [-0.2, -0.15) is 4.98 Å². The maximum absolute atomic E-state index is 12.8. The highest BCUT2D eigenvalue weighted by molar-refractivity contribution is 6.33. The van der Waals surface area contributed by atoms with Crippen molar-refractivity contribution >= 4 is 40.3 Å². The van der Waals surface area contributed by atoms with Crippen molar-refractivity contribution in [3.05, 3.63) is 72.1 Å². The minimum Gasteiger partial charge on any atom is -0.351 e. The lowest BCUT2D eigenvalue weighted by Gasteiger charge is -2.36. The van der Waals surface area contributed by atoms with Gasteiger partial charge in [0.2, 0.25) is 5.95 Å². The number of likely N-dealkylation sites (tertiary alicyclic amines) is 1. The molecule has 34 heavy (non-hydrogen) atoms. The molecule has 0 radical (unpaired) electrons. The predicted molar refractivity (Wildman–Crippen MR) is 135 cm³/mol. The van der Waals surface area contributed by atoms with Crippen LogP contribution < -0.4 is 10.6 Å². The number of benzene rings is 2. The Morgan fingerprint density at radius 2 is 1.94 bits per heavy atom. The van der Waals surface area contributed by atoms with Crippen LogP contribution in [-0.4, -0.2) is 49.6 Å². The number of carbonyl (C=O) groups is 1.